The molecule has 2 atom stereocenters. The first kappa shape index (κ1) is 37.6. The summed E-state index contributed by atoms with van der Waals surface area (Å²) in [7, 11) is 0. The molecule has 0 aliphatic heterocycles. The van der Waals surface area contributed by atoms with Crippen LogP contribution in [0.5, 0.6) is 0 Å². The summed E-state index contributed by atoms with van der Waals surface area (Å²) in [6, 6.07) is 69.4. The lowest BCUT2D eigenvalue weighted by molar-refractivity contribution is 0.353. The van der Waals surface area contributed by atoms with Gasteiger partial charge in [0, 0.05) is 39.1 Å². The molecule has 2 heteroatoms. The minimum atomic E-state index is 0.0452. The molecule has 1 saturated carbocycles. The van der Waals surface area contributed by atoms with E-state index in [1.165, 1.54) is 121 Å². The van der Waals surface area contributed by atoms with Crippen LogP contribution >= 0.6 is 0 Å². The highest BCUT2D eigenvalue weighted by Crippen LogP contribution is 2.57. The predicted octanol–water partition coefficient (Wildman–Crippen LogP) is 16.8. The van der Waals surface area contributed by atoms with E-state index in [9.17, 15) is 0 Å². The molecule has 0 N–H and O–H groups in total. The highest BCUT2D eigenvalue weighted by molar-refractivity contribution is 6.05. The summed E-state index contributed by atoms with van der Waals surface area (Å²) in [6.45, 7) is 2.37. The lowest BCUT2D eigenvalue weighted by Crippen LogP contribution is -2.28. The molecule has 12 rings (SSSR count). The first-order valence-electron chi connectivity index (χ1n) is 22.8. The van der Waals surface area contributed by atoms with E-state index >= 15 is 0 Å². The number of furan rings is 1. The van der Waals surface area contributed by atoms with Gasteiger partial charge in [-0.2, -0.15) is 0 Å². The highest BCUT2D eigenvalue weighted by atomic mass is 16.3. The number of hydrogen-bond acceptors (Lipinski definition) is 2. The van der Waals surface area contributed by atoms with E-state index < -0.39 is 0 Å². The van der Waals surface area contributed by atoms with Gasteiger partial charge in [0.15, 0.2) is 0 Å². The van der Waals surface area contributed by atoms with E-state index in [0.717, 1.165) is 11.2 Å². The van der Waals surface area contributed by atoms with Gasteiger partial charge in [-0.15, -0.1) is 0 Å². The number of rotatable bonds is 7. The number of fused-ring (bicyclic) bond motifs is 8. The fourth-order valence-corrected chi connectivity index (χ4v) is 11.5. The van der Waals surface area contributed by atoms with Gasteiger partial charge in [-0.3, -0.25) is 0 Å². The van der Waals surface area contributed by atoms with Gasteiger partial charge in [-0.25, -0.2) is 0 Å². The number of para-hydroxylation sites is 2. The fourth-order valence-electron chi connectivity index (χ4n) is 11.5. The van der Waals surface area contributed by atoms with Crippen molar-refractivity contribution in [2.75, 3.05) is 4.90 Å². The Morgan fingerprint density at radius 3 is 1.90 bits per heavy atom. The number of hydrogen-bond donors (Lipinski definition) is 0. The lowest BCUT2D eigenvalue weighted by atomic mass is 9.68. The molecule has 3 aliphatic carbocycles. The third-order valence-corrected chi connectivity index (χ3v) is 14.4. The molecule has 9 aromatic rings. The van der Waals surface area contributed by atoms with Crippen LogP contribution in [0.4, 0.5) is 11.4 Å². The Balaban J connectivity index is 1.02. The Kier molecular flexibility index (Phi) is 9.15. The van der Waals surface area contributed by atoms with E-state index in [2.05, 4.69) is 212 Å². The Morgan fingerprint density at radius 1 is 0.492 bits per heavy atom. The van der Waals surface area contributed by atoms with Gasteiger partial charge in [0.1, 0.15) is 11.2 Å². The SMILES string of the molecule is CC1C=C(N(c2ccc3c(c2)C2(CCCCC2)c2ccccc2-3)c2ccccc2-c2ccccc2-c2ccccc2-c2ccccc2)C=CC1c1ccc2c(c1)oc1ccccc12. The number of allylic oxidation sites excluding steroid dienone is 3. The molecule has 0 saturated heterocycles. The molecule has 1 aromatic heterocycles. The number of benzene rings is 8. The monoisotopic (exact) mass is 811 g/mol. The van der Waals surface area contributed by atoms with Crippen LogP contribution < -0.4 is 4.90 Å². The first-order valence-corrected chi connectivity index (χ1v) is 22.8. The third kappa shape index (κ3) is 6.22. The van der Waals surface area contributed by atoms with Crippen LogP contribution in [0.15, 0.2) is 216 Å². The summed E-state index contributed by atoms with van der Waals surface area (Å²) >= 11 is 0. The molecule has 0 bridgehead atoms. The zero-order chi connectivity index (χ0) is 41.9. The smallest absolute Gasteiger partial charge is 0.135 e. The van der Waals surface area contributed by atoms with Crippen LogP contribution in [0, 0.1) is 5.92 Å². The molecule has 1 fully saturated rings. The summed E-state index contributed by atoms with van der Waals surface area (Å²) in [5, 5.41) is 2.34. The molecular weight excluding hydrogens is 763 g/mol. The maximum atomic E-state index is 6.38. The molecule has 1 heterocycles. The van der Waals surface area contributed by atoms with E-state index in [-0.39, 0.29) is 17.3 Å². The molecule has 0 radical (unpaired) electrons. The van der Waals surface area contributed by atoms with Gasteiger partial charge in [-0.05, 0) is 111 Å². The maximum absolute atomic E-state index is 6.38. The van der Waals surface area contributed by atoms with Gasteiger partial charge in [0.25, 0.3) is 0 Å². The Labute approximate surface area is 370 Å². The molecule has 304 valence electrons. The molecular formula is C61H49NO. The normalized spacial score (nSPS) is 17.4. The molecule has 2 unspecified atom stereocenters. The molecule has 63 heavy (non-hydrogen) atoms. The first-order chi connectivity index (χ1) is 31.1. The molecule has 2 nitrogen and oxygen atoms in total. The van der Waals surface area contributed by atoms with E-state index in [4.69, 9.17) is 4.42 Å². The Bertz CT molecular complexity index is 3250. The van der Waals surface area contributed by atoms with E-state index in [1.54, 1.807) is 0 Å². The minimum absolute atomic E-state index is 0.0452. The van der Waals surface area contributed by atoms with Crippen molar-refractivity contribution in [2.24, 2.45) is 5.92 Å². The Hall–Kier alpha value is -7.16. The summed E-state index contributed by atoms with van der Waals surface area (Å²) in [4.78, 5) is 2.56. The molecule has 1 spiro atoms. The third-order valence-electron chi connectivity index (χ3n) is 14.4. The Morgan fingerprint density at radius 2 is 1.11 bits per heavy atom. The molecule has 8 aromatic carbocycles. The summed E-state index contributed by atoms with van der Waals surface area (Å²) in [6.07, 6.45) is 13.5. The maximum Gasteiger partial charge on any atom is 0.135 e. The van der Waals surface area contributed by atoms with Crippen molar-refractivity contribution in [1.82, 2.24) is 0 Å². The van der Waals surface area contributed by atoms with Crippen LogP contribution in [0.2, 0.25) is 0 Å². The van der Waals surface area contributed by atoms with Crippen molar-refractivity contribution in [3.63, 3.8) is 0 Å². The standard InChI is InChI=1S/C61H49NO/c1-41-38-44(31-34-46(41)43-30-33-55-54-26-12-15-29-59(54)63-60(55)39-43)62(45-32-35-52-51-24-10-13-27-56(51)61(57(52)40-45)36-16-3-17-37-61)58-28-14-11-25-53(58)50-23-9-8-22-49(50)48-21-7-6-20-47(48)42-18-4-2-5-19-42/h2,4-15,18-35,38-41,46H,3,16-17,36-37H2,1H3. The lowest BCUT2D eigenvalue weighted by Gasteiger charge is -2.37. The predicted molar refractivity (Wildman–Crippen MR) is 263 cm³/mol. The van der Waals surface area contributed by atoms with Crippen LogP contribution in [0.25, 0.3) is 66.4 Å². The van der Waals surface area contributed by atoms with E-state index in [1.807, 2.05) is 6.07 Å². The second kappa shape index (κ2) is 15.3. The summed E-state index contributed by atoms with van der Waals surface area (Å²) < 4.78 is 6.38. The summed E-state index contributed by atoms with van der Waals surface area (Å²) in [5.74, 6) is 0.439. The van der Waals surface area contributed by atoms with Gasteiger partial charge in [-0.1, -0.05) is 196 Å². The summed E-state index contributed by atoms with van der Waals surface area (Å²) in [5.41, 5.74) is 19.9. The van der Waals surface area contributed by atoms with E-state index in [0.29, 0.717) is 0 Å². The van der Waals surface area contributed by atoms with Crippen molar-refractivity contribution >= 4 is 33.3 Å². The van der Waals surface area contributed by atoms with Crippen LogP contribution in [0.3, 0.4) is 0 Å². The van der Waals surface area contributed by atoms with Crippen molar-refractivity contribution in [1.29, 1.82) is 0 Å². The average molecular weight is 812 g/mol. The van der Waals surface area contributed by atoms with Crippen LogP contribution in [0.1, 0.15) is 61.6 Å². The van der Waals surface area contributed by atoms with Crippen LogP contribution in [-0.2, 0) is 5.41 Å². The van der Waals surface area contributed by atoms with Crippen molar-refractivity contribution in [2.45, 2.75) is 50.4 Å². The van der Waals surface area contributed by atoms with Crippen molar-refractivity contribution < 1.29 is 4.42 Å². The number of nitrogens with zero attached hydrogens (tertiary/aromatic N) is 1. The molecule has 3 aliphatic rings. The second-order valence-corrected chi connectivity index (χ2v) is 17.9. The largest absolute Gasteiger partial charge is 0.456 e. The van der Waals surface area contributed by atoms with Gasteiger partial charge in [0.2, 0.25) is 0 Å². The second-order valence-electron chi connectivity index (χ2n) is 17.9. The quantitative estimate of drug-likeness (QED) is 0.159. The van der Waals surface area contributed by atoms with Gasteiger partial charge in [0.05, 0.1) is 5.69 Å². The van der Waals surface area contributed by atoms with Crippen LogP contribution in [-0.4, -0.2) is 0 Å². The minimum Gasteiger partial charge on any atom is -0.456 e. The molecule has 0 amide bonds. The topological polar surface area (TPSA) is 16.4 Å². The zero-order valence-electron chi connectivity index (χ0n) is 35.7. The number of anilines is 2. The zero-order valence-corrected chi connectivity index (χ0v) is 35.7. The van der Waals surface area contributed by atoms with Gasteiger partial charge >= 0.3 is 0 Å². The van der Waals surface area contributed by atoms with Gasteiger partial charge < -0.3 is 9.32 Å². The van der Waals surface area contributed by atoms with Crippen molar-refractivity contribution in [3.8, 4) is 44.5 Å². The van der Waals surface area contributed by atoms with Crippen molar-refractivity contribution in [3.05, 3.63) is 229 Å². The fraction of sp³-hybridized carbons (Fsp3) is 0.148. The highest BCUT2D eigenvalue weighted by Gasteiger charge is 2.44. The average Bonchev–Trinajstić information content (AvgIpc) is 3.84.